The van der Waals surface area contributed by atoms with E-state index in [4.69, 9.17) is 4.74 Å². The van der Waals surface area contributed by atoms with Crippen LogP contribution in [0, 0.1) is 23.2 Å². The first-order valence-electron chi connectivity index (χ1n) is 17.7. The molecular weight excluding hydrogens is 640 g/mol. The third-order valence-corrected chi connectivity index (χ3v) is 9.07. The molecule has 1 aromatic rings. The van der Waals surface area contributed by atoms with Crippen LogP contribution in [0.1, 0.15) is 106 Å². The normalized spacial score (nSPS) is 17.0. The number of carbonyl (C=O) groups is 7. The molecule has 1 aromatic carbocycles. The highest BCUT2D eigenvalue weighted by Gasteiger charge is 2.43. The maximum Gasteiger partial charge on any atom is 0.408 e. The van der Waals surface area contributed by atoms with Gasteiger partial charge in [0.2, 0.25) is 23.5 Å². The fourth-order valence-electron chi connectivity index (χ4n) is 5.87. The number of Topliss-reactive ketones (excluding diaryl/α,β-unsaturated/α-hetero) is 3. The van der Waals surface area contributed by atoms with Gasteiger partial charge >= 0.3 is 6.09 Å². The molecular formula is C38H58N4O8. The summed E-state index contributed by atoms with van der Waals surface area (Å²) in [6.45, 7) is 15.2. The van der Waals surface area contributed by atoms with Gasteiger partial charge in [0.1, 0.15) is 18.2 Å². The van der Waals surface area contributed by atoms with Crippen LogP contribution < -0.4 is 10.6 Å². The molecule has 1 heterocycles. The van der Waals surface area contributed by atoms with Crippen LogP contribution in [0.5, 0.6) is 0 Å². The van der Waals surface area contributed by atoms with Gasteiger partial charge in [-0.1, -0.05) is 78.8 Å². The van der Waals surface area contributed by atoms with Crippen molar-refractivity contribution in [3.05, 3.63) is 35.9 Å². The molecule has 50 heavy (non-hydrogen) atoms. The van der Waals surface area contributed by atoms with E-state index < -0.39 is 58.9 Å². The van der Waals surface area contributed by atoms with Gasteiger partial charge in [-0.2, -0.15) is 0 Å². The highest BCUT2D eigenvalue weighted by Crippen LogP contribution is 2.29. The highest BCUT2D eigenvalue weighted by atomic mass is 16.6. The van der Waals surface area contributed by atoms with Crippen molar-refractivity contribution < 1.29 is 38.3 Å². The molecule has 278 valence electrons. The van der Waals surface area contributed by atoms with Crippen LogP contribution in [0.2, 0.25) is 0 Å². The standard InChI is InChI=1S/C38H58N4O8/c1-23(2)21-27(33(46)29(43)18-19-31(45)39-32(35(47)41(9)10)26-15-12-11-13-16-26)22-30(44)28-17-14-20-42(28)36(48)34(38(6,7)8)40-37(49)50-25(5)24(3)4/h11-13,15-16,23-25,27-28,32,34H,14,17-22H2,1-10H3,(H,39,45)(H,40,49)/t25?,27?,28?,32-,34?/m0/s1. The van der Waals surface area contributed by atoms with E-state index in [2.05, 4.69) is 10.6 Å². The van der Waals surface area contributed by atoms with Crippen LogP contribution in [-0.2, 0) is 33.5 Å². The Bertz CT molecular complexity index is 1370. The lowest BCUT2D eigenvalue weighted by atomic mass is 9.84. The molecule has 4 amide bonds. The van der Waals surface area contributed by atoms with Gasteiger partial charge in [-0.15, -0.1) is 0 Å². The predicted molar refractivity (Wildman–Crippen MR) is 190 cm³/mol. The number of carbonyl (C=O) groups excluding carboxylic acids is 7. The molecule has 4 unspecified atom stereocenters. The van der Waals surface area contributed by atoms with Gasteiger partial charge in [0.05, 0.1) is 6.04 Å². The number of ether oxygens (including phenoxy) is 1. The summed E-state index contributed by atoms with van der Waals surface area (Å²) < 4.78 is 5.46. The lowest BCUT2D eigenvalue weighted by Gasteiger charge is -2.35. The Morgan fingerprint density at radius 1 is 0.920 bits per heavy atom. The number of likely N-dealkylation sites (N-methyl/N-ethyl adjacent to an activating group) is 1. The molecule has 0 saturated carbocycles. The maximum atomic E-state index is 13.9. The van der Waals surface area contributed by atoms with Crippen LogP contribution in [0.15, 0.2) is 30.3 Å². The molecule has 0 aliphatic carbocycles. The van der Waals surface area contributed by atoms with Crippen molar-refractivity contribution in [1.29, 1.82) is 0 Å². The number of hydrogen-bond acceptors (Lipinski definition) is 8. The molecule has 1 aliphatic rings. The summed E-state index contributed by atoms with van der Waals surface area (Å²) >= 11 is 0. The van der Waals surface area contributed by atoms with Gasteiger partial charge in [0, 0.05) is 45.8 Å². The van der Waals surface area contributed by atoms with E-state index in [0.29, 0.717) is 24.9 Å². The summed E-state index contributed by atoms with van der Waals surface area (Å²) in [5.41, 5.74) is -0.106. The minimum absolute atomic E-state index is 0.00782. The second kappa shape index (κ2) is 18.8. The molecule has 0 bridgehead atoms. The maximum absolute atomic E-state index is 13.9. The van der Waals surface area contributed by atoms with Crippen molar-refractivity contribution in [3.63, 3.8) is 0 Å². The molecule has 0 spiro atoms. The van der Waals surface area contributed by atoms with Crippen molar-refractivity contribution in [1.82, 2.24) is 20.4 Å². The van der Waals surface area contributed by atoms with Crippen LogP contribution in [0.25, 0.3) is 0 Å². The van der Waals surface area contributed by atoms with E-state index in [-0.39, 0.29) is 55.3 Å². The lowest BCUT2D eigenvalue weighted by Crippen LogP contribution is -2.57. The van der Waals surface area contributed by atoms with Crippen molar-refractivity contribution in [2.45, 2.75) is 118 Å². The first-order chi connectivity index (χ1) is 23.2. The van der Waals surface area contributed by atoms with Gasteiger partial charge in [0.25, 0.3) is 0 Å². The first-order valence-corrected chi connectivity index (χ1v) is 17.7. The van der Waals surface area contributed by atoms with Crippen LogP contribution >= 0.6 is 0 Å². The van der Waals surface area contributed by atoms with Crippen molar-refractivity contribution in [3.8, 4) is 0 Å². The Hall–Kier alpha value is -4.09. The van der Waals surface area contributed by atoms with Gasteiger partial charge in [-0.3, -0.25) is 28.8 Å². The summed E-state index contributed by atoms with van der Waals surface area (Å²) in [4.78, 5) is 95.5. The zero-order valence-corrected chi connectivity index (χ0v) is 31.5. The molecule has 0 radical (unpaired) electrons. The number of likely N-dealkylation sites (tertiary alicyclic amines) is 1. The van der Waals surface area contributed by atoms with Gasteiger partial charge in [0.15, 0.2) is 11.6 Å². The number of nitrogens with one attached hydrogen (secondary N) is 2. The molecule has 1 aliphatic heterocycles. The molecule has 0 aromatic heterocycles. The third kappa shape index (κ3) is 12.4. The minimum atomic E-state index is -0.960. The predicted octanol–water partition coefficient (Wildman–Crippen LogP) is 4.65. The third-order valence-electron chi connectivity index (χ3n) is 9.07. The second-order valence-electron chi connectivity index (χ2n) is 15.4. The fourth-order valence-corrected chi connectivity index (χ4v) is 5.87. The van der Waals surface area contributed by atoms with E-state index in [1.165, 1.54) is 9.80 Å². The quantitative estimate of drug-likeness (QED) is 0.223. The number of alkyl carbamates (subject to hydrolysis) is 1. The highest BCUT2D eigenvalue weighted by molar-refractivity contribution is 6.38. The fraction of sp³-hybridized carbons (Fsp3) is 0.658. The Labute approximate surface area is 297 Å². The topological polar surface area (TPSA) is 159 Å². The largest absolute Gasteiger partial charge is 0.446 e. The zero-order chi connectivity index (χ0) is 37.9. The molecule has 5 atom stereocenters. The van der Waals surface area contributed by atoms with Crippen LogP contribution in [0.4, 0.5) is 4.79 Å². The lowest BCUT2D eigenvalue weighted by molar-refractivity contribution is -0.143. The average molecular weight is 699 g/mol. The molecule has 2 N–H and O–H groups in total. The smallest absolute Gasteiger partial charge is 0.408 e. The molecule has 12 heteroatoms. The van der Waals surface area contributed by atoms with E-state index in [9.17, 15) is 33.6 Å². The van der Waals surface area contributed by atoms with E-state index >= 15 is 0 Å². The van der Waals surface area contributed by atoms with Crippen molar-refractivity contribution in [2.24, 2.45) is 23.2 Å². The number of rotatable bonds is 17. The van der Waals surface area contributed by atoms with Gasteiger partial charge in [-0.25, -0.2) is 4.79 Å². The summed E-state index contributed by atoms with van der Waals surface area (Å²) in [7, 11) is 3.16. The van der Waals surface area contributed by atoms with E-state index in [1.54, 1.807) is 51.4 Å². The monoisotopic (exact) mass is 698 g/mol. The number of hydrogen-bond donors (Lipinski definition) is 2. The Morgan fingerprint density at radius 3 is 2.08 bits per heavy atom. The summed E-state index contributed by atoms with van der Waals surface area (Å²) in [6, 6.07) is 6.02. The number of benzene rings is 1. The molecule has 12 nitrogen and oxygen atoms in total. The van der Waals surface area contributed by atoms with Crippen LogP contribution in [0.3, 0.4) is 0 Å². The minimum Gasteiger partial charge on any atom is -0.446 e. The number of amides is 4. The summed E-state index contributed by atoms with van der Waals surface area (Å²) in [5, 5.41) is 5.40. The Balaban J connectivity index is 2.13. The van der Waals surface area contributed by atoms with E-state index in [1.807, 2.05) is 48.5 Å². The van der Waals surface area contributed by atoms with E-state index in [0.717, 1.165) is 0 Å². The number of nitrogens with zero attached hydrogens (tertiary/aromatic N) is 2. The van der Waals surface area contributed by atoms with Gasteiger partial charge < -0.3 is 25.2 Å². The summed E-state index contributed by atoms with van der Waals surface area (Å²) in [6.07, 6.45) is -0.716. The van der Waals surface area contributed by atoms with Gasteiger partial charge in [-0.05, 0) is 49.0 Å². The Kier molecular flexibility index (Phi) is 15.8. The molecule has 1 fully saturated rings. The second-order valence-corrected chi connectivity index (χ2v) is 15.4. The first kappa shape index (κ1) is 42.1. The SMILES string of the molecule is CC(C)CC(CC(=O)C1CCCN1C(=O)C(NC(=O)OC(C)C(C)C)C(C)(C)C)C(=O)C(=O)CCC(=O)N[C@H](C(=O)N(C)C)c1ccccc1. The molecule has 2 rings (SSSR count). The average Bonchev–Trinajstić information content (AvgIpc) is 3.53. The Morgan fingerprint density at radius 2 is 1.54 bits per heavy atom. The van der Waals surface area contributed by atoms with Crippen LogP contribution in [-0.4, -0.2) is 89.8 Å². The van der Waals surface area contributed by atoms with Crippen molar-refractivity contribution >= 4 is 41.2 Å². The van der Waals surface area contributed by atoms with Crippen molar-refractivity contribution in [2.75, 3.05) is 20.6 Å². The zero-order valence-electron chi connectivity index (χ0n) is 31.5. The summed E-state index contributed by atoms with van der Waals surface area (Å²) in [5.74, 6) is -3.95. The molecule has 1 saturated heterocycles. The number of ketones is 3.